The van der Waals surface area contributed by atoms with Crippen LogP contribution >= 0.6 is 11.6 Å². The third-order valence-electron chi connectivity index (χ3n) is 2.42. The number of carbonyl (C=O) groups excluding carboxylic acids is 1. The average molecular weight is 328 g/mol. The molecule has 0 radical (unpaired) electrons. The summed E-state index contributed by atoms with van der Waals surface area (Å²) in [5, 5.41) is 2.73. The Labute approximate surface area is 133 Å². The van der Waals surface area contributed by atoms with Crippen molar-refractivity contribution in [3.8, 4) is 0 Å². The van der Waals surface area contributed by atoms with E-state index in [-0.39, 0.29) is 29.1 Å². The molecule has 9 heteroatoms. The number of carbonyl (C=O) groups is 1. The van der Waals surface area contributed by atoms with Gasteiger partial charge in [-0.05, 0) is 12.1 Å². The maximum absolute atomic E-state index is 12.1. The van der Waals surface area contributed by atoms with Crippen molar-refractivity contribution in [2.24, 2.45) is 0 Å². The molecule has 0 unspecified atom stereocenters. The van der Waals surface area contributed by atoms with Crippen LogP contribution in [0.25, 0.3) is 0 Å². The Morgan fingerprint density at radius 2 is 2.10 bits per heavy atom. The number of halogens is 2. The number of hydrogen-bond acceptors (Lipinski definition) is 6. The minimum atomic E-state index is -0.491. The van der Waals surface area contributed by atoms with Gasteiger partial charge in [0, 0.05) is 20.3 Å². The molecule has 1 amide bonds. The van der Waals surface area contributed by atoms with E-state index in [1.807, 2.05) is 0 Å². The highest BCUT2D eigenvalue weighted by molar-refractivity contribution is 6.32. The van der Waals surface area contributed by atoms with Gasteiger partial charge in [-0.1, -0.05) is 11.6 Å². The fraction of sp³-hybridized carbons (Fsp3) is 0.167. The van der Waals surface area contributed by atoms with Crippen LogP contribution in [0.1, 0.15) is 10.5 Å². The van der Waals surface area contributed by atoms with Gasteiger partial charge in [0.05, 0.1) is 11.9 Å². The molecule has 0 aliphatic heterocycles. The second-order valence-corrected chi connectivity index (χ2v) is 4.52. The van der Waals surface area contributed by atoms with Gasteiger partial charge in [-0.3, -0.25) is 9.78 Å². The second-order valence-electron chi connectivity index (χ2n) is 4.16. The van der Waals surface area contributed by atoms with Crippen molar-refractivity contribution in [2.45, 2.75) is 0 Å². The molecule has 2 rings (SSSR count). The van der Waals surface area contributed by atoms with Gasteiger partial charge in [-0.25, -0.2) is 9.97 Å². The molecule has 112 valence electrons. The van der Waals surface area contributed by atoms with E-state index in [1.54, 1.807) is 37.3 Å². The molecule has 0 bridgehead atoms. The summed E-state index contributed by atoms with van der Waals surface area (Å²) in [6.07, 6.45) is 3.11. The maximum Gasteiger partial charge on any atom is 0.278 e. The highest BCUT2D eigenvalue weighted by Gasteiger charge is 2.18. The summed E-state index contributed by atoms with van der Waals surface area (Å²) in [5.74, 6) is -0.0724. The number of anilines is 3. The van der Waals surface area contributed by atoms with Gasteiger partial charge < -0.3 is 28.4 Å². The van der Waals surface area contributed by atoms with E-state index in [4.69, 9.17) is 17.3 Å². The molecule has 0 fully saturated rings. The Bertz CT molecular complexity index is 635. The number of aromatic nitrogens is 3. The first-order chi connectivity index (χ1) is 9.49. The molecule has 2 heterocycles. The van der Waals surface area contributed by atoms with Gasteiger partial charge >= 0.3 is 0 Å². The van der Waals surface area contributed by atoms with E-state index in [0.717, 1.165) is 0 Å². The Kier molecular flexibility index (Phi) is 5.69. The van der Waals surface area contributed by atoms with Crippen LogP contribution in [-0.4, -0.2) is 35.0 Å². The maximum atomic E-state index is 12.1. The molecular formula is C12H13Cl2N6O-. The highest BCUT2D eigenvalue weighted by atomic mass is 35.5. The van der Waals surface area contributed by atoms with Crippen molar-refractivity contribution in [2.75, 3.05) is 30.0 Å². The summed E-state index contributed by atoms with van der Waals surface area (Å²) in [7, 11) is 3.51. The molecule has 21 heavy (non-hydrogen) atoms. The number of nitrogens with one attached hydrogen (secondary N) is 1. The fourth-order valence-corrected chi connectivity index (χ4v) is 1.79. The predicted molar refractivity (Wildman–Crippen MR) is 78.0 cm³/mol. The van der Waals surface area contributed by atoms with Crippen molar-refractivity contribution < 1.29 is 17.2 Å². The molecule has 0 aliphatic rings. The van der Waals surface area contributed by atoms with Crippen LogP contribution in [-0.2, 0) is 0 Å². The monoisotopic (exact) mass is 327 g/mol. The molecule has 0 saturated carbocycles. The van der Waals surface area contributed by atoms with Crippen LogP contribution in [0.15, 0.2) is 24.5 Å². The Morgan fingerprint density at radius 1 is 1.38 bits per heavy atom. The smallest absolute Gasteiger partial charge is 0.278 e. The Morgan fingerprint density at radius 3 is 2.67 bits per heavy atom. The minimum absolute atomic E-state index is 0. The zero-order valence-corrected chi connectivity index (χ0v) is 12.9. The molecule has 3 N–H and O–H groups in total. The van der Waals surface area contributed by atoms with Crippen LogP contribution in [0.5, 0.6) is 0 Å². The first-order valence-corrected chi connectivity index (χ1v) is 6.08. The standard InChI is InChI=1S/C12H13ClN6O.ClH/c1-19(2)11-9(13)17-8(10(14)18-11)12(20)16-7-4-3-5-15-6-7;/h3-6H,1-2H3,(H2,14,18)(H,16,20);1H/p-1. The summed E-state index contributed by atoms with van der Waals surface area (Å²) >= 11 is 5.98. The lowest BCUT2D eigenvalue weighted by molar-refractivity contribution is -0.0000119. The van der Waals surface area contributed by atoms with Crippen LogP contribution in [0, 0.1) is 0 Å². The van der Waals surface area contributed by atoms with Gasteiger partial charge in [0.25, 0.3) is 5.91 Å². The first-order valence-electron chi connectivity index (χ1n) is 5.70. The lowest BCUT2D eigenvalue weighted by Crippen LogP contribution is -3.00. The summed E-state index contributed by atoms with van der Waals surface area (Å²) in [6.45, 7) is 0. The largest absolute Gasteiger partial charge is 1.00 e. The lowest BCUT2D eigenvalue weighted by atomic mass is 10.3. The number of hydrogen-bond donors (Lipinski definition) is 2. The Hall–Kier alpha value is -2.12. The van der Waals surface area contributed by atoms with Gasteiger partial charge in [0.2, 0.25) is 0 Å². The van der Waals surface area contributed by atoms with Crippen molar-refractivity contribution in [3.63, 3.8) is 0 Å². The van der Waals surface area contributed by atoms with E-state index in [9.17, 15) is 4.79 Å². The number of nitrogens with two attached hydrogens (primary N) is 1. The molecular weight excluding hydrogens is 315 g/mol. The van der Waals surface area contributed by atoms with Gasteiger partial charge in [0.1, 0.15) is 0 Å². The predicted octanol–water partition coefficient (Wildman–Crippen LogP) is -1.57. The van der Waals surface area contributed by atoms with Crippen molar-refractivity contribution in [3.05, 3.63) is 35.4 Å². The first kappa shape index (κ1) is 16.9. The Balaban J connectivity index is 0.00000220. The quantitative estimate of drug-likeness (QED) is 0.707. The SMILES string of the molecule is CN(C)c1nc(N)c(C(=O)Nc2cccnc2)nc1Cl.[Cl-]. The third-order valence-corrected chi connectivity index (χ3v) is 2.68. The number of pyridine rings is 1. The van der Waals surface area contributed by atoms with E-state index in [1.165, 1.54) is 6.20 Å². The normalized spacial score (nSPS) is 9.67. The summed E-state index contributed by atoms with van der Waals surface area (Å²) in [4.78, 5) is 25.7. The van der Waals surface area contributed by atoms with Gasteiger partial charge in [0.15, 0.2) is 22.5 Å². The molecule has 7 nitrogen and oxygen atoms in total. The molecule has 0 atom stereocenters. The van der Waals surface area contributed by atoms with Gasteiger partial charge in [-0.15, -0.1) is 0 Å². The molecule has 0 spiro atoms. The van der Waals surface area contributed by atoms with Crippen LogP contribution in [0.4, 0.5) is 17.3 Å². The molecule has 0 aliphatic carbocycles. The summed E-state index contributed by atoms with van der Waals surface area (Å²) < 4.78 is 0. The summed E-state index contributed by atoms with van der Waals surface area (Å²) in [6, 6.07) is 3.40. The highest BCUT2D eigenvalue weighted by Crippen LogP contribution is 2.23. The number of rotatable bonds is 3. The molecule has 0 saturated heterocycles. The molecule has 2 aromatic rings. The zero-order valence-electron chi connectivity index (χ0n) is 11.3. The van der Waals surface area contributed by atoms with Crippen LogP contribution in [0.2, 0.25) is 5.15 Å². The fourth-order valence-electron chi connectivity index (χ4n) is 1.50. The van der Waals surface area contributed by atoms with E-state index >= 15 is 0 Å². The lowest BCUT2D eigenvalue weighted by Gasteiger charge is -2.14. The number of nitrogen functional groups attached to an aromatic ring is 1. The molecule has 0 aromatic carbocycles. The average Bonchev–Trinajstić information content (AvgIpc) is 2.41. The van der Waals surface area contributed by atoms with Crippen molar-refractivity contribution in [1.82, 2.24) is 15.0 Å². The second kappa shape index (κ2) is 7.05. The van der Waals surface area contributed by atoms with E-state index in [2.05, 4.69) is 20.3 Å². The molecule has 2 aromatic heterocycles. The zero-order chi connectivity index (χ0) is 14.7. The van der Waals surface area contributed by atoms with Crippen LogP contribution in [0.3, 0.4) is 0 Å². The number of amides is 1. The van der Waals surface area contributed by atoms with Crippen molar-refractivity contribution >= 4 is 34.8 Å². The summed E-state index contributed by atoms with van der Waals surface area (Å²) in [5.41, 5.74) is 6.26. The number of nitrogens with zero attached hydrogens (tertiary/aromatic N) is 4. The minimum Gasteiger partial charge on any atom is -1.00 e. The van der Waals surface area contributed by atoms with Crippen molar-refractivity contribution in [1.29, 1.82) is 0 Å². The third kappa shape index (κ3) is 3.93. The van der Waals surface area contributed by atoms with Gasteiger partial charge in [-0.2, -0.15) is 0 Å². The topological polar surface area (TPSA) is 97.0 Å². The van der Waals surface area contributed by atoms with Crippen LogP contribution < -0.4 is 28.4 Å². The van der Waals surface area contributed by atoms with E-state index < -0.39 is 5.91 Å². The van der Waals surface area contributed by atoms with E-state index in [0.29, 0.717) is 11.5 Å².